The van der Waals surface area contributed by atoms with Gasteiger partial charge in [0.2, 0.25) is 0 Å². The number of nitrogens with one attached hydrogen (secondary N) is 2. The van der Waals surface area contributed by atoms with Crippen molar-refractivity contribution in [3.8, 4) is 0 Å². The summed E-state index contributed by atoms with van der Waals surface area (Å²) in [5.41, 5.74) is 9.54. The number of nitrogens with two attached hydrogens (primary N) is 2. The van der Waals surface area contributed by atoms with E-state index < -0.39 is 21.2 Å². The van der Waals surface area contributed by atoms with Gasteiger partial charge in [0.05, 0.1) is 0 Å². The number of hydrogen-bond acceptors (Lipinski definition) is 2. The molecule has 2 amide bonds. The molecule has 0 fully saturated rings. The van der Waals surface area contributed by atoms with E-state index in [0.29, 0.717) is 0 Å². The van der Waals surface area contributed by atoms with Crippen molar-refractivity contribution >= 4 is 25.9 Å². The van der Waals surface area contributed by atoms with E-state index in [1.54, 1.807) is 0 Å². The van der Waals surface area contributed by atoms with Crippen molar-refractivity contribution in [2.45, 2.75) is 0 Å². The number of amidine groups is 1. The number of amides is 2. The summed E-state index contributed by atoms with van der Waals surface area (Å²) in [5.74, 6) is 0. The summed E-state index contributed by atoms with van der Waals surface area (Å²) in [6.07, 6.45) is 0. The predicted molar refractivity (Wildman–Crippen MR) is 30.4 cm³/mol. The SMILES string of the molecule is N=C(N)[Se]NC(N)=O. The summed E-state index contributed by atoms with van der Waals surface area (Å²) in [6, 6.07) is -0.639. The fraction of sp³-hybridized carbons (Fsp3) is 0. The second-order valence-electron chi connectivity index (χ2n) is 0.933. The molecule has 46 valence electrons. The molecule has 0 aliphatic rings. The molecular weight excluding hydrogens is 175 g/mol. The van der Waals surface area contributed by atoms with E-state index in [-0.39, 0.29) is 4.73 Å². The number of carbonyl (C=O) groups excluding carboxylic acids is 1. The molecule has 0 saturated heterocycles. The summed E-state index contributed by atoms with van der Waals surface area (Å²) >= 11 is -0.466. The van der Waals surface area contributed by atoms with Gasteiger partial charge in [0.15, 0.2) is 0 Å². The molecule has 0 atom stereocenters. The fourth-order valence-corrected chi connectivity index (χ4v) is 0.547. The number of primary amides is 1. The third-order valence-electron chi connectivity index (χ3n) is 0.262. The van der Waals surface area contributed by atoms with Crippen molar-refractivity contribution < 1.29 is 4.79 Å². The van der Waals surface area contributed by atoms with Gasteiger partial charge in [-0.05, 0) is 0 Å². The standard InChI is InChI=1S/C2H6N4OSe/c3-1(4)8-6-2(5)7/h(H3,3,4)(H3,5,6,7). The van der Waals surface area contributed by atoms with Crippen LogP contribution in [0.4, 0.5) is 4.79 Å². The maximum absolute atomic E-state index is 9.88. The van der Waals surface area contributed by atoms with Gasteiger partial charge >= 0.3 is 51.9 Å². The minimum absolute atomic E-state index is 0.0451. The van der Waals surface area contributed by atoms with Gasteiger partial charge in [0, 0.05) is 0 Å². The van der Waals surface area contributed by atoms with Gasteiger partial charge < -0.3 is 0 Å². The van der Waals surface area contributed by atoms with Crippen molar-refractivity contribution in [2.24, 2.45) is 11.5 Å². The van der Waals surface area contributed by atoms with Crippen LogP contribution in [0.2, 0.25) is 0 Å². The Morgan fingerprint density at radius 1 is 1.62 bits per heavy atom. The van der Waals surface area contributed by atoms with E-state index in [9.17, 15) is 4.79 Å². The first kappa shape index (κ1) is 7.26. The van der Waals surface area contributed by atoms with E-state index >= 15 is 0 Å². The molecule has 8 heavy (non-hydrogen) atoms. The molecule has 0 aromatic rings. The van der Waals surface area contributed by atoms with E-state index in [4.69, 9.17) is 11.1 Å². The summed E-state index contributed by atoms with van der Waals surface area (Å²) in [4.78, 5) is 9.88. The van der Waals surface area contributed by atoms with Crippen LogP contribution in [0.1, 0.15) is 0 Å². The van der Waals surface area contributed by atoms with Gasteiger partial charge in [-0.15, -0.1) is 0 Å². The average Bonchev–Trinajstić information content (AvgIpc) is 1.61. The molecule has 0 aromatic carbocycles. The zero-order valence-corrected chi connectivity index (χ0v) is 5.68. The summed E-state index contributed by atoms with van der Waals surface area (Å²) in [5, 5.41) is 6.62. The first-order valence-corrected chi connectivity index (χ1v) is 3.40. The molecule has 6 N–H and O–H groups in total. The van der Waals surface area contributed by atoms with Gasteiger partial charge in [-0.2, -0.15) is 0 Å². The van der Waals surface area contributed by atoms with Crippen molar-refractivity contribution in [3.05, 3.63) is 0 Å². The first-order chi connectivity index (χ1) is 3.63. The molecule has 0 radical (unpaired) electrons. The Balaban J connectivity index is 3.18. The van der Waals surface area contributed by atoms with Gasteiger partial charge in [-0.3, -0.25) is 0 Å². The third-order valence-corrected chi connectivity index (χ3v) is 1.36. The van der Waals surface area contributed by atoms with Crippen LogP contribution in [0.25, 0.3) is 0 Å². The first-order valence-electron chi connectivity index (χ1n) is 1.69. The van der Waals surface area contributed by atoms with Crippen molar-refractivity contribution in [1.29, 1.82) is 5.41 Å². The van der Waals surface area contributed by atoms with E-state index in [1.807, 2.05) is 0 Å². The summed E-state index contributed by atoms with van der Waals surface area (Å²) in [6.45, 7) is 0. The Morgan fingerprint density at radius 2 is 2.12 bits per heavy atom. The molecule has 0 rings (SSSR count). The molecular formula is C2H6N4OSe. The van der Waals surface area contributed by atoms with Crippen LogP contribution in [-0.4, -0.2) is 25.9 Å². The molecule has 0 aliphatic carbocycles. The number of rotatable bonds is 2. The summed E-state index contributed by atoms with van der Waals surface area (Å²) in [7, 11) is 0. The Hall–Kier alpha value is -0.741. The van der Waals surface area contributed by atoms with Gasteiger partial charge in [0.25, 0.3) is 0 Å². The molecule has 0 saturated carbocycles. The van der Waals surface area contributed by atoms with Crippen LogP contribution >= 0.6 is 0 Å². The van der Waals surface area contributed by atoms with Crippen LogP contribution in [0.15, 0.2) is 0 Å². The average molecular weight is 181 g/mol. The third kappa shape index (κ3) is 5.26. The Kier molecular flexibility index (Phi) is 2.98. The summed E-state index contributed by atoms with van der Waals surface area (Å²) < 4.78 is 2.15. The van der Waals surface area contributed by atoms with Crippen LogP contribution in [-0.2, 0) is 0 Å². The van der Waals surface area contributed by atoms with E-state index in [0.717, 1.165) is 0 Å². The molecule has 6 heteroatoms. The Labute approximate surface area is 52.7 Å². The second-order valence-corrected chi connectivity index (χ2v) is 2.71. The van der Waals surface area contributed by atoms with Crippen LogP contribution in [0.5, 0.6) is 0 Å². The number of hydrogen-bond donors (Lipinski definition) is 4. The molecule has 0 aromatic heterocycles. The van der Waals surface area contributed by atoms with Crippen molar-refractivity contribution in [1.82, 2.24) is 4.33 Å². The normalized spacial score (nSPS) is 8.00. The van der Waals surface area contributed by atoms with E-state index in [1.165, 1.54) is 0 Å². The topological polar surface area (TPSA) is 105 Å². The van der Waals surface area contributed by atoms with E-state index in [2.05, 4.69) is 10.1 Å². The molecule has 5 nitrogen and oxygen atoms in total. The molecule has 0 bridgehead atoms. The fourth-order valence-electron chi connectivity index (χ4n) is 0.105. The predicted octanol–water partition coefficient (Wildman–Crippen LogP) is -1.83. The molecule has 0 spiro atoms. The van der Waals surface area contributed by atoms with Gasteiger partial charge in [-0.1, -0.05) is 0 Å². The van der Waals surface area contributed by atoms with Gasteiger partial charge in [-0.25, -0.2) is 0 Å². The molecule has 0 heterocycles. The Bertz CT molecular complexity index is 98.6. The monoisotopic (exact) mass is 182 g/mol. The number of carbonyl (C=O) groups is 1. The number of urea groups is 1. The van der Waals surface area contributed by atoms with Crippen molar-refractivity contribution in [3.63, 3.8) is 0 Å². The minimum atomic E-state index is -0.639. The maximum atomic E-state index is 9.88. The van der Waals surface area contributed by atoms with Crippen LogP contribution < -0.4 is 15.8 Å². The van der Waals surface area contributed by atoms with Crippen molar-refractivity contribution in [2.75, 3.05) is 0 Å². The Morgan fingerprint density at radius 3 is 2.25 bits per heavy atom. The molecule has 0 aliphatic heterocycles. The van der Waals surface area contributed by atoms with Crippen LogP contribution in [0, 0.1) is 5.41 Å². The quantitative estimate of drug-likeness (QED) is 0.228. The van der Waals surface area contributed by atoms with Gasteiger partial charge in [0.1, 0.15) is 0 Å². The zero-order valence-electron chi connectivity index (χ0n) is 3.97. The molecule has 0 unspecified atom stereocenters. The zero-order chi connectivity index (χ0) is 6.57. The second kappa shape index (κ2) is 3.29. The van der Waals surface area contributed by atoms with Crippen LogP contribution in [0.3, 0.4) is 0 Å².